The second kappa shape index (κ2) is 4.62. The number of hydrogen-bond acceptors (Lipinski definition) is 1. The summed E-state index contributed by atoms with van der Waals surface area (Å²) in [6.45, 7) is 2.36. The lowest BCUT2D eigenvalue weighted by molar-refractivity contribution is -0.398. The lowest BCUT2D eigenvalue weighted by Gasteiger charge is -2.05. The Labute approximate surface area is 77.9 Å². The highest BCUT2D eigenvalue weighted by Crippen LogP contribution is 1.96. The highest BCUT2D eigenvalue weighted by Gasteiger charge is 2.08. The fraction of sp³-hybridized carbons (Fsp3) is 0.300. The average molecular weight is 179 g/mol. The molecule has 0 fully saturated rings. The van der Waals surface area contributed by atoms with E-state index in [9.17, 15) is 4.79 Å². The molecule has 1 aromatic rings. The monoisotopic (exact) mass is 179 g/mol. The predicted octanol–water partition coefficient (Wildman–Crippen LogP) is -0.0668. The first-order valence-corrected chi connectivity index (χ1v) is 4.35. The first kappa shape index (κ1) is 9.74. The van der Waals surface area contributed by atoms with Crippen LogP contribution >= 0.6 is 0 Å². The van der Waals surface area contributed by atoms with Crippen molar-refractivity contribution in [1.82, 2.24) is 5.32 Å². The highest BCUT2D eigenvalue weighted by molar-refractivity contribution is 5.79. The van der Waals surface area contributed by atoms with Crippen molar-refractivity contribution in [1.29, 1.82) is 0 Å². The smallest absolute Gasteiger partial charge is 0.278 e. The Bertz CT molecular complexity index is 270. The molecule has 0 aliphatic carbocycles. The van der Waals surface area contributed by atoms with Crippen LogP contribution in [0.25, 0.3) is 0 Å². The van der Waals surface area contributed by atoms with Crippen molar-refractivity contribution >= 4 is 5.91 Å². The summed E-state index contributed by atoms with van der Waals surface area (Å²) < 4.78 is 0. The number of amides is 1. The van der Waals surface area contributed by atoms with Gasteiger partial charge in [0.05, 0.1) is 0 Å². The van der Waals surface area contributed by atoms with Crippen LogP contribution in [0, 0.1) is 0 Å². The van der Waals surface area contributed by atoms with Crippen LogP contribution in [-0.4, -0.2) is 11.9 Å². The molecule has 4 N–H and O–H groups in total. The van der Waals surface area contributed by atoms with Gasteiger partial charge in [-0.3, -0.25) is 4.79 Å². The van der Waals surface area contributed by atoms with E-state index >= 15 is 0 Å². The minimum absolute atomic E-state index is 0.0103. The zero-order valence-corrected chi connectivity index (χ0v) is 7.79. The molecule has 70 valence electrons. The Hall–Kier alpha value is -1.35. The third kappa shape index (κ3) is 3.25. The van der Waals surface area contributed by atoms with E-state index in [4.69, 9.17) is 0 Å². The van der Waals surface area contributed by atoms with Crippen LogP contribution < -0.4 is 11.1 Å². The normalized spacial score (nSPS) is 12.2. The SMILES string of the molecule is CC([NH3+])C(=O)NCc1ccccc1. The number of benzene rings is 1. The van der Waals surface area contributed by atoms with Gasteiger partial charge in [-0.05, 0) is 12.5 Å². The number of quaternary nitrogens is 1. The number of nitrogens with one attached hydrogen (secondary N) is 1. The molecular weight excluding hydrogens is 164 g/mol. The molecule has 0 saturated carbocycles. The van der Waals surface area contributed by atoms with E-state index < -0.39 is 0 Å². The van der Waals surface area contributed by atoms with Crippen LogP contribution in [0.15, 0.2) is 30.3 Å². The summed E-state index contributed by atoms with van der Waals surface area (Å²) in [5.74, 6) is -0.0103. The van der Waals surface area contributed by atoms with Gasteiger partial charge < -0.3 is 11.1 Å². The minimum Gasteiger partial charge on any atom is -0.348 e. The maximum absolute atomic E-state index is 11.1. The summed E-state index contributed by atoms with van der Waals surface area (Å²) in [5.41, 5.74) is 4.75. The summed E-state index contributed by atoms with van der Waals surface area (Å²) in [6.07, 6.45) is 0. The van der Waals surface area contributed by atoms with Crippen LogP contribution in [0.4, 0.5) is 0 Å². The zero-order valence-electron chi connectivity index (χ0n) is 7.79. The standard InChI is InChI=1S/C10H14N2O/c1-8(11)10(13)12-7-9-5-3-2-4-6-9/h2-6,8H,7,11H2,1H3,(H,12,13)/p+1. The van der Waals surface area contributed by atoms with Gasteiger partial charge >= 0.3 is 0 Å². The van der Waals surface area contributed by atoms with Gasteiger partial charge in [-0.2, -0.15) is 0 Å². The number of rotatable bonds is 3. The molecule has 1 atom stereocenters. The molecule has 0 radical (unpaired) electrons. The van der Waals surface area contributed by atoms with E-state index in [0.717, 1.165) is 5.56 Å². The molecule has 1 unspecified atom stereocenters. The fourth-order valence-corrected chi connectivity index (χ4v) is 0.959. The van der Waals surface area contributed by atoms with Crippen molar-refractivity contribution in [2.75, 3.05) is 0 Å². The van der Waals surface area contributed by atoms with E-state index in [1.165, 1.54) is 0 Å². The van der Waals surface area contributed by atoms with Gasteiger partial charge in [-0.25, -0.2) is 0 Å². The van der Waals surface area contributed by atoms with Crippen molar-refractivity contribution in [3.05, 3.63) is 35.9 Å². The molecule has 0 aliphatic rings. The quantitative estimate of drug-likeness (QED) is 0.670. The Morgan fingerprint density at radius 1 is 1.46 bits per heavy atom. The lowest BCUT2D eigenvalue weighted by Crippen LogP contribution is -2.65. The van der Waals surface area contributed by atoms with Crippen LogP contribution in [0.2, 0.25) is 0 Å². The van der Waals surface area contributed by atoms with Gasteiger partial charge in [0.1, 0.15) is 0 Å². The van der Waals surface area contributed by atoms with Gasteiger partial charge in [-0.15, -0.1) is 0 Å². The molecule has 3 heteroatoms. The van der Waals surface area contributed by atoms with Crippen LogP contribution in [0.1, 0.15) is 12.5 Å². The van der Waals surface area contributed by atoms with Crippen molar-refractivity contribution < 1.29 is 10.5 Å². The van der Waals surface area contributed by atoms with E-state index in [1.54, 1.807) is 6.92 Å². The summed E-state index contributed by atoms with van der Waals surface area (Å²) in [6, 6.07) is 9.63. The van der Waals surface area contributed by atoms with Gasteiger partial charge in [0, 0.05) is 6.54 Å². The lowest BCUT2D eigenvalue weighted by atomic mass is 10.2. The molecule has 1 rings (SSSR count). The number of carbonyl (C=O) groups excluding carboxylic acids is 1. The summed E-state index contributed by atoms with van der Waals surface area (Å²) in [7, 11) is 0. The third-order valence-electron chi connectivity index (χ3n) is 1.76. The molecule has 0 spiro atoms. The van der Waals surface area contributed by atoms with Gasteiger partial charge in [-0.1, -0.05) is 30.3 Å². The second-order valence-electron chi connectivity index (χ2n) is 3.10. The minimum atomic E-state index is -0.191. The molecule has 0 bridgehead atoms. The molecule has 1 aromatic carbocycles. The van der Waals surface area contributed by atoms with Crippen LogP contribution in [-0.2, 0) is 11.3 Å². The summed E-state index contributed by atoms with van der Waals surface area (Å²) >= 11 is 0. The molecular formula is C10H15N2O+. The van der Waals surface area contributed by atoms with Crippen molar-refractivity contribution in [3.63, 3.8) is 0 Å². The molecule has 0 aromatic heterocycles. The fourth-order valence-electron chi connectivity index (χ4n) is 0.959. The van der Waals surface area contributed by atoms with Gasteiger partial charge in [0.2, 0.25) is 0 Å². The van der Waals surface area contributed by atoms with E-state index in [2.05, 4.69) is 11.1 Å². The van der Waals surface area contributed by atoms with Crippen molar-refractivity contribution in [3.8, 4) is 0 Å². The molecule has 0 saturated heterocycles. The molecule has 1 amide bonds. The molecule has 13 heavy (non-hydrogen) atoms. The first-order chi connectivity index (χ1) is 6.20. The molecule has 3 nitrogen and oxygen atoms in total. The third-order valence-corrected chi connectivity index (χ3v) is 1.76. The van der Waals surface area contributed by atoms with E-state index in [0.29, 0.717) is 6.54 Å². The van der Waals surface area contributed by atoms with E-state index in [1.807, 2.05) is 30.3 Å². The predicted molar refractivity (Wildman–Crippen MR) is 50.6 cm³/mol. The summed E-state index contributed by atoms with van der Waals surface area (Å²) in [4.78, 5) is 11.1. The number of hydrogen-bond donors (Lipinski definition) is 2. The topological polar surface area (TPSA) is 56.7 Å². The first-order valence-electron chi connectivity index (χ1n) is 4.35. The highest BCUT2D eigenvalue weighted by atomic mass is 16.2. The largest absolute Gasteiger partial charge is 0.348 e. The van der Waals surface area contributed by atoms with Crippen LogP contribution in [0.3, 0.4) is 0 Å². The number of carbonyl (C=O) groups is 1. The maximum atomic E-state index is 11.1. The van der Waals surface area contributed by atoms with E-state index in [-0.39, 0.29) is 11.9 Å². The van der Waals surface area contributed by atoms with Gasteiger partial charge in [0.15, 0.2) is 6.04 Å². The Morgan fingerprint density at radius 3 is 2.62 bits per heavy atom. The Kier molecular flexibility index (Phi) is 3.46. The van der Waals surface area contributed by atoms with Crippen molar-refractivity contribution in [2.45, 2.75) is 19.5 Å². The average Bonchev–Trinajstić information content (AvgIpc) is 2.15. The Morgan fingerprint density at radius 2 is 2.08 bits per heavy atom. The van der Waals surface area contributed by atoms with Crippen LogP contribution in [0.5, 0.6) is 0 Å². The Balaban J connectivity index is 2.40. The van der Waals surface area contributed by atoms with Gasteiger partial charge in [0.25, 0.3) is 5.91 Å². The summed E-state index contributed by atoms with van der Waals surface area (Å²) in [5, 5.41) is 2.80. The maximum Gasteiger partial charge on any atom is 0.278 e. The zero-order chi connectivity index (χ0) is 9.68. The molecule has 0 heterocycles. The van der Waals surface area contributed by atoms with Crippen molar-refractivity contribution in [2.24, 2.45) is 0 Å². The molecule has 0 aliphatic heterocycles. The second-order valence-corrected chi connectivity index (χ2v) is 3.10.